The number of nitrogens with one attached hydrogen (secondary N) is 1. The van der Waals surface area contributed by atoms with Gasteiger partial charge < -0.3 is 10.1 Å². The molecule has 0 unspecified atom stereocenters. The maximum Gasteiger partial charge on any atom is 0.356 e. The predicted molar refractivity (Wildman–Crippen MR) is 215 cm³/mol. The molecule has 1 aromatic heterocycles. The van der Waals surface area contributed by atoms with Crippen LogP contribution < -0.4 is 5.32 Å². The van der Waals surface area contributed by atoms with E-state index in [0.29, 0.717) is 22.8 Å². The summed E-state index contributed by atoms with van der Waals surface area (Å²) < 4.78 is 8.16. The van der Waals surface area contributed by atoms with Gasteiger partial charge in [-0.1, -0.05) is 169 Å². The Labute approximate surface area is 327 Å². The molecule has 3 heterocycles. The first-order valence-electron chi connectivity index (χ1n) is 17.7. The smallest absolute Gasteiger partial charge is 0.356 e. The number of carbonyl (C=O) groups excluding carboxylic acids is 3. The standard InChI is InChI=1S/C44H35N5O4S2/c50-30-45-38-41(51)49-39(43(52)53-40(31-16-6-1-7-17-31)32-18-8-2-9-19-32)37(29-55-42(38)49)54-27-26-36-28-48(47-46-36)44(33-20-10-3-11-21-33,34-22-12-4-13-23-34)35-24-14-5-15-25-35/h1-28,30,38,40,42H,29H2,(H,45,50)/b27-26+/t38-,42-/m1/s1. The zero-order valence-corrected chi connectivity index (χ0v) is 31.1. The minimum Gasteiger partial charge on any atom is -0.448 e. The topological polar surface area (TPSA) is 106 Å². The Morgan fingerprint density at radius 2 is 1.31 bits per heavy atom. The lowest BCUT2D eigenvalue weighted by Gasteiger charge is -2.49. The summed E-state index contributed by atoms with van der Waals surface area (Å²) in [7, 11) is 0. The van der Waals surface area contributed by atoms with Crippen molar-refractivity contribution in [1.29, 1.82) is 0 Å². The number of aromatic nitrogens is 3. The van der Waals surface area contributed by atoms with Crippen LogP contribution in [0.1, 0.15) is 39.6 Å². The molecular formula is C44H35N5O4S2. The van der Waals surface area contributed by atoms with Crippen molar-refractivity contribution in [1.82, 2.24) is 25.2 Å². The number of amides is 2. The van der Waals surface area contributed by atoms with Crippen LogP contribution in [0.5, 0.6) is 0 Å². The molecule has 2 atom stereocenters. The average Bonchev–Trinajstić information content (AvgIpc) is 3.72. The first-order valence-corrected chi connectivity index (χ1v) is 19.6. The lowest BCUT2D eigenvalue weighted by Crippen LogP contribution is -2.69. The van der Waals surface area contributed by atoms with Crippen LogP contribution in [0, 0.1) is 0 Å². The minimum absolute atomic E-state index is 0.170. The van der Waals surface area contributed by atoms with Crippen molar-refractivity contribution in [2.24, 2.45) is 0 Å². The highest BCUT2D eigenvalue weighted by Crippen LogP contribution is 2.45. The van der Waals surface area contributed by atoms with E-state index < -0.39 is 29.0 Å². The molecule has 2 amide bonds. The summed E-state index contributed by atoms with van der Waals surface area (Å²) in [6, 6.07) is 49.0. The Bertz CT molecular complexity index is 2200. The predicted octanol–water partition coefficient (Wildman–Crippen LogP) is 7.40. The normalized spacial score (nSPS) is 16.8. The number of benzene rings is 5. The molecule has 0 spiro atoms. The molecule has 55 heavy (non-hydrogen) atoms. The van der Waals surface area contributed by atoms with Gasteiger partial charge in [-0.05, 0) is 39.3 Å². The van der Waals surface area contributed by atoms with Crippen LogP contribution in [-0.4, -0.2) is 55.3 Å². The molecule has 0 aliphatic carbocycles. The second-order valence-corrected chi connectivity index (χ2v) is 15.0. The Morgan fingerprint density at radius 3 is 1.82 bits per heavy atom. The van der Waals surface area contributed by atoms with Gasteiger partial charge in [0.1, 0.15) is 28.3 Å². The third-order valence-electron chi connectivity index (χ3n) is 9.68. The van der Waals surface area contributed by atoms with Crippen LogP contribution in [0.4, 0.5) is 0 Å². The number of fused-ring (bicyclic) bond motifs is 1. The molecule has 272 valence electrons. The molecule has 0 bridgehead atoms. The van der Waals surface area contributed by atoms with E-state index in [-0.39, 0.29) is 11.6 Å². The van der Waals surface area contributed by atoms with Crippen LogP contribution >= 0.6 is 23.5 Å². The molecule has 11 heteroatoms. The highest BCUT2D eigenvalue weighted by atomic mass is 32.2. The van der Waals surface area contributed by atoms with Crippen LogP contribution in [0.3, 0.4) is 0 Å². The molecule has 5 aromatic carbocycles. The fraction of sp³-hybridized carbons (Fsp3) is 0.114. The summed E-state index contributed by atoms with van der Waals surface area (Å²) >= 11 is 2.81. The number of hydrogen-bond donors (Lipinski definition) is 1. The highest BCUT2D eigenvalue weighted by Gasteiger charge is 2.54. The summed E-state index contributed by atoms with van der Waals surface area (Å²) in [5, 5.41) is 13.3. The van der Waals surface area contributed by atoms with Gasteiger partial charge in [-0.25, -0.2) is 9.48 Å². The number of ether oxygens (including phenoxy) is 1. The van der Waals surface area contributed by atoms with E-state index in [1.807, 2.05) is 138 Å². The van der Waals surface area contributed by atoms with Crippen LogP contribution in [0.2, 0.25) is 0 Å². The molecule has 9 nitrogen and oxygen atoms in total. The van der Waals surface area contributed by atoms with Crippen molar-refractivity contribution in [2.75, 3.05) is 5.75 Å². The van der Waals surface area contributed by atoms with Gasteiger partial charge in [0.2, 0.25) is 6.41 Å². The SMILES string of the molecule is O=CN[C@@H]1C(=O)N2C(C(=O)OC(c3ccccc3)c3ccccc3)=C(S/C=C/c3cn(C(c4ccccc4)(c4ccccc4)c4ccccc4)nn3)CS[C@H]12. The van der Waals surface area contributed by atoms with E-state index in [1.165, 1.54) is 28.4 Å². The number of esters is 1. The number of hydrogen-bond acceptors (Lipinski definition) is 8. The second-order valence-electron chi connectivity index (χ2n) is 12.9. The summed E-state index contributed by atoms with van der Waals surface area (Å²) in [5.41, 5.74) is 4.63. The van der Waals surface area contributed by atoms with Gasteiger partial charge in [0.25, 0.3) is 5.91 Å². The molecule has 2 aliphatic rings. The Morgan fingerprint density at radius 1 is 0.800 bits per heavy atom. The van der Waals surface area contributed by atoms with Crippen molar-refractivity contribution >= 4 is 47.9 Å². The summed E-state index contributed by atoms with van der Waals surface area (Å²) in [6.07, 6.45) is 3.58. The van der Waals surface area contributed by atoms with Crippen molar-refractivity contribution in [2.45, 2.75) is 23.1 Å². The maximum absolute atomic E-state index is 14.3. The molecule has 1 fully saturated rings. The monoisotopic (exact) mass is 761 g/mol. The molecular weight excluding hydrogens is 727 g/mol. The first-order chi connectivity index (χ1) is 27.1. The quantitative estimate of drug-likeness (QED) is 0.0562. The van der Waals surface area contributed by atoms with E-state index in [0.717, 1.165) is 27.8 Å². The molecule has 2 aliphatic heterocycles. The number of rotatable bonds is 13. The van der Waals surface area contributed by atoms with Gasteiger partial charge in [-0.3, -0.25) is 14.5 Å². The van der Waals surface area contributed by atoms with Gasteiger partial charge in [0, 0.05) is 10.7 Å². The van der Waals surface area contributed by atoms with Crippen LogP contribution in [0.15, 0.2) is 174 Å². The Balaban J connectivity index is 1.14. The van der Waals surface area contributed by atoms with Gasteiger partial charge >= 0.3 is 5.97 Å². The third-order valence-corrected chi connectivity index (χ3v) is 12.0. The van der Waals surface area contributed by atoms with Gasteiger partial charge in [0.05, 0.1) is 6.20 Å². The van der Waals surface area contributed by atoms with Crippen LogP contribution in [0.25, 0.3) is 6.08 Å². The van der Waals surface area contributed by atoms with E-state index >= 15 is 0 Å². The van der Waals surface area contributed by atoms with Gasteiger partial charge in [-0.2, -0.15) is 0 Å². The van der Waals surface area contributed by atoms with E-state index in [2.05, 4.69) is 46.8 Å². The fourth-order valence-electron chi connectivity index (χ4n) is 7.15. The number of nitrogens with zero attached hydrogens (tertiary/aromatic N) is 4. The molecule has 1 saturated heterocycles. The number of thioether (sulfide) groups is 2. The average molecular weight is 762 g/mol. The highest BCUT2D eigenvalue weighted by molar-refractivity contribution is 8.08. The lowest BCUT2D eigenvalue weighted by molar-refractivity contribution is -0.154. The fourth-order valence-corrected chi connectivity index (χ4v) is 9.50. The zero-order valence-electron chi connectivity index (χ0n) is 29.4. The largest absolute Gasteiger partial charge is 0.448 e. The maximum atomic E-state index is 14.3. The summed E-state index contributed by atoms with van der Waals surface area (Å²) in [6.45, 7) is 0. The van der Waals surface area contributed by atoms with Gasteiger partial charge in [-0.15, -0.1) is 16.9 Å². The summed E-state index contributed by atoms with van der Waals surface area (Å²) in [5.74, 6) is -0.560. The molecule has 1 N–H and O–H groups in total. The molecule has 0 saturated carbocycles. The van der Waals surface area contributed by atoms with Crippen molar-refractivity contribution in [3.63, 3.8) is 0 Å². The Hall–Kier alpha value is -6.17. The number of carbonyl (C=O) groups is 3. The van der Waals surface area contributed by atoms with E-state index in [4.69, 9.17) is 9.95 Å². The van der Waals surface area contributed by atoms with Crippen molar-refractivity contribution < 1.29 is 19.1 Å². The van der Waals surface area contributed by atoms with E-state index in [1.54, 1.807) is 0 Å². The lowest BCUT2D eigenvalue weighted by atomic mass is 9.77. The molecule has 0 radical (unpaired) electrons. The first kappa shape index (κ1) is 35.8. The van der Waals surface area contributed by atoms with Gasteiger partial charge in [0.15, 0.2) is 6.10 Å². The van der Waals surface area contributed by atoms with Crippen molar-refractivity contribution in [3.05, 3.63) is 207 Å². The van der Waals surface area contributed by atoms with E-state index in [9.17, 15) is 14.4 Å². The van der Waals surface area contributed by atoms with Crippen LogP contribution in [-0.2, 0) is 24.7 Å². The molecule has 6 aromatic rings. The molecule has 8 rings (SSSR count). The Kier molecular flexibility index (Phi) is 10.5. The zero-order chi connectivity index (χ0) is 37.6. The second kappa shape index (κ2) is 16.1. The summed E-state index contributed by atoms with van der Waals surface area (Å²) in [4.78, 5) is 41.1. The third kappa shape index (κ3) is 6.88. The minimum atomic E-state index is -0.817. The number of β-lactam (4-membered cyclic amide) rings is 1. The van der Waals surface area contributed by atoms with Crippen molar-refractivity contribution in [3.8, 4) is 0 Å².